The molecule has 3 aromatic rings. The predicted octanol–water partition coefficient (Wildman–Crippen LogP) is 4.89. The molecule has 3 rings (SSSR count). The third-order valence-electron chi connectivity index (χ3n) is 5.69. The van der Waals surface area contributed by atoms with Crippen LogP contribution in [-0.2, 0) is 20.9 Å². The first kappa shape index (κ1) is 29.2. The number of carboxylic acid groups (broad SMARTS) is 1. The second-order valence-electron chi connectivity index (χ2n) is 8.27. The molecule has 3 N–H and O–H groups in total. The van der Waals surface area contributed by atoms with E-state index in [0.29, 0.717) is 36.6 Å². The van der Waals surface area contributed by atoms with E-state index in [1.807, 2.05) is 24.3 Å². The Morgan fingerprint density at radius 3 is 2.08 bits per heavy atom. The van der Waals surface area contributed by atoms with Crippen LogP contribution in [-0.4, -0.2) is 52.0 Å². The molecule has 1 amide bonds. The van der Waals surface area contributed by atoms with Crippen molar-refractivity contribution in [1.29, 1.82) is 0 Å². The van der Waals surface area contributed by atoms with Crippen LogP contribution >= 0.6 is 15.9 Å². The lowest BCUT2D eigenvalue weighted by Gasteiger charge is -2.27. The normalized spacial score (nSPS) is 12.3. The quantitative estimate of drug-likeness (QED) is 0.177. The number of halogens is 1. The largest absolute Gasteiger partial charge is 0.497 e. The number of rotatable bonds is 14. The highest BCUT2D eigenvalue weighted by Gasteiger charge is 2.29. The highest BCUT2D eigenvalue weighted by molar-refractivity contribution is 9.10. The van der Waals surface area contributed by atoms with E-state index < -0.39 is 23.3 Å². The highest BCUT2D eigenvalue weighted by Crippen LogP contribution is 2.27. The molecule has 38 heavy (non-hydrogen) atoms. The fraction of sp³-hybridized carbons (Fsp3) is 0.259. The summed E-state index contributed by atoms with van der Waals surface area (Å²) in [6.45, 7) is 0.166. The molecule has 9 nitrogen and oxygen atoms in total. The zero-order chi connectivity index (χ0) is 27.5. The van der Waals surface area contributed by atoms with Gasteiger partial charge < -0.3 is 19.9 Å². The Hall–Kier alpha value is -3.41. The molecule has 0 aliphatic carbocycles. The summed E-state index contributed by atoms with van der Waals surface area (Å²) in [5, 5.41) is 12.5. The van der Waals surface area contributed by atoms with Crippen LogP contribution in [0, 0.1) is 0 Å². The number of carbonyl (C=O) groups is 2. The summed E-state index contributed by atoms with van der Waals surface area (Å²) >= 11 is 0.853. The summed E-state index contributed by atoms with van der Waals surface area (Å²) in [5.41, 5.74) is 2.18. The fourth-order valence-electron chi connectivity index (χ4n) is 3.73. The fourth-order valence-corrected chi connectivity index (χ4v) is 4.71. The lowest BCUT2D eigenvalue weighted by molar-refractivity contribution is -0.138. The third-order valence-corrected chi connectivity index (χ3v) is 7.02. The summed E-state index contributed by atoms with van der Waals surface area (Å²) < 4.78 is 34.5. The van der Waals surface area contributed by atoms with Crippen molar-refractivity contribution in [1.82, 2.24) is 5.32 Å². The summed E-state index contributed by atoms with van der Waals surface area (Å²) in [4.78, 5) is 24.0. The van der Waals surface area contributed by atoms with Gasteiger partial charge in [-0.25, -0.2) is 9.00 Å². The van der Waals surface area contributed by atoms with E-state index in [-0.39, 0.29) is 18.9 Å². The number of aliphatic carboxylic acids is 1. The molecule has 0 fully saturated rings. The van der Waals surface area contributed by atoms with E-state index in [1.165, 1.54) is 0 Å². The van der Waals surface area contributed by atoms with Crippen LogP contribution in [0.3, 0.4) is 0 Å². The van der Waals surface area contributed by atoms with Gasteiger partial charge in [-0.15, -0.1) is 0 Å². The number of anilines is 1. The van der Waals surface area contributed by atoms with Crippen molar-refractivity contribution in [2.45, 2.75) is 25.3 Å². The van der Waals surface area contributed by atoms with E-state index >= 15 is 0 Å². The van der Waals surface area contributed by atoms with E-state index in [2.05, 4.69) is 21.2 Å². The smallest absolute Gasteiger partial charge is 0.327 e. The number of benzene rings is 3. The van der Waals surface area contributed by atoms with Gasteiger partial charge in [0.25, 0.3) is 17.2 Å². The van der Waals surface area contributed by atoms with Gasteiger partial charge in [0.05, 0.1) is 12.8 Å². The monoisotopic (exact) mass is 604 g/mol. The van der Waals surface area contributed by atoms with Crippen molar-refractivity contribution in [3.05, 3.63) is 77.3 Å². The van der Waals surface area contributed by atoms with Crippen LogP contribution in [0.15, 0.2) is 77.3 Å². The topological polar surface area (TPSA) is 125 Å². The number of amides is 1. The maximum atomic E-state index is 12.1. The first-order valence-electron chi connectivity index (χ1n) is 11.8. The standard InChI is InChI=1S/C27H29BrN2O7S/c1-36-23-13-15-24(16-14-23)37-18-26(31)29-17-3-2-4-25(27(32)33)30(38(34)35)22-11-7-20(8-12-22)19-5-9-21(28)10-6-19/h5-16,25H,2-4,17-18H2,1H3,(H,29,31)(H,32,33)(H,34,35). The molecule has 2 unspecified atom stereocenters. The van der Waals surface area contributed by atoms with Crippen molar-refractivity contribution >= 4 is 44.8 Å². The number of carbonyl (C=O) groups excluding carboxylic acids is 1. The van der Waals surface area contributed by atoms with Crippen molar-refractivity contribution < 1.29 is 32.9 Å². The first-order chi connectivity index (χ1) is 18.3. The second kappa shape index (κ2) is 14.5. The molecule has 11 heteroatoms. The van der Waals surface area contributed by atoms with Crippen LogP contribution in [0.25, 0.3) is 11.1 Å². The van der Waals surface area contributed by atoms with E-state index in [0.717, 1.165) is 19.9 Å². The summed E-state index contributed by atoms with van der Waals surface area (Å²) in [6, 6.07) is 20.1. The van der Waals surface area contributed by atoms with Gasteiger partial charge in [0.2, 0.25) is 0 Å². The number of nitrogens with zero attached hydrogens (tertiary/aromatic N) is 1. The Kier molecular flexibility index (Phi) is 11.1. The average molecular weight is 606 g/mol. The minimum Gasteiger partial charge on any atom is -0.497 e. The SMILES string of the molecule is COc1ccc(OCC(=O)NCCCCC(C(=O)O)N(c2ccc(-c3ccc(Br)cc3)cc2)S(=O)O)cc1. The molecule has 0 saturated heterocycles. The van der Waals surface area contributed by atoms with Crippen LogP contribution in [0.4, 0.5) is 5.69 Å². The summed E-state index contributed by atoms with van der Waals surface area (Å²) in [5.74, 6) is -0.295. The molecular formula is C27H29BrN2O7S. The Bertz CT molecular complexity index is 1220. The van der Waals surface area contributed by atoms with Gasteiger partial charge in [0, 0.05) is 11.0 Å². The number of carboxylic acids is 1. The number of ether oxygens (including phenoxy) is 2. The molecule has 0 spiro atoms. The van der Waals surface area contributed by atoms with Crippen molar-refractivity contribution in [3.63, 3.8) is 0 Å². The van der Waals surface area contributed by atoms with Crippen LogP contribution in [0.1, 0.15) is 19.3 Å². The Labute approximate surface area is 232 Å². The molecule has 0 heterocycles. The lowest BCUT2D eigenvalue weighted by Crippen LogP contribution is -2.42. The third kappa shape index (κ3) is 8.57. The Balaban J connectivity index is 1.50. The van der Waals surface area contributed by atoms with E-state index in [1.54, 1.807) is 55.6 Å². The number of methoxy groups -OCH3 is 1. The molecule has 0 aliphatic heterocycles. The van der Waals surface area contributed by atoms with Gasteiger partial charge in [-0.2, -0.15) is 0 Å². The molecule has 0 radical (unpaired) electrons. The van der Waals surface area contributed by atoms with Gasteiger partial charge in [-0.05, 0) is 78.9 Å². The van der Waals surface area contributed by atoms with Crippen LogP contribution in [0.5, 0.6) is 11.5 Å². The van der Waals surface area contributed by atoms with Crippen molar-refractivity contribution in [2.75, 3.05) is 24.6 Å². The molecule has 0 aliphatic rings. The van der Waals surface area contributed by atoms with Crippen LogP contribution < -0.4 is 19.1 Å². The molecular weight excluding hydrogens is 576 g/mol. The zero-order valence-corrected chi connectivity index (χ0v) is 23.1. The number of hydrogen-bond acceptors (Lipinski definition) is 5. The van der Waals surface area contributed by atoms with E-state index in [4.69, 9.17) is 9.47 Å². The molecule has 202 valence electrons. The first-order valence-corrected chi connectivity index (χ1v) is 13.7. The minimum absolute atomic E-state index is 0.119. The molecule has 3 aromatic carbocycles. The predicted molar refractivity (Wildman–Crippen MR) is 150 cm³/mol. The van der Waals surface area contributed by atoms with Gasteiger partial charge >= 0.3 is 5.97 Å². The molecule has 0 bridgehead atoms. The average Bonchev–Trinajstić information content (AvgIpc) is 2.91. The van der Waals surface area contributed by atoms with Crippen LogP contribution in [0.2, 0.25) is 0 Å². The van der Waals surface area contributed by atoms with Crippen molar-refractivity contribution in [3.8, 4) is 22.6 Å². The van der Waals surface area contributed by atoms with Gasteiger partial charge in [-0.3, -0.25) is 13.7 Å². The number of nitrogens with one attached hydrogen (secondary N) is 1. The second-order valence-corrected chi connectivity index (χ2v) is 10.0. The maximum Gasteiger partial charge on any atom is 0.327 e. The van der Waals surface area contributed by atoms with E-state index in [9.17, 15) is 23.5 Å². The number of unbranched alkanes of at least 4 members (excludes halogenated alkanes) is 1. The highest BCUT2D eigenvalue weighted by atomic mass is 79.9. The summed E-state index contributed by atoms with van der Waals surface area (Å²) in [6.07, 6.45) is 1.03. The molecule has 0 aromatic heterocycles. The maximum absolute atomic E-state index is 12.1. The van der Waals surface area contributed by atoms with Gasteiger partial charge in [0.15, 0.2) is 6.61 Å². The minimum atomic E-state index is -2.54. The summed E-state index contributed by atoms with van der Waals surface area (Å²) in [7, 11) is 1.56. The molecule has 2 atom stereocenters. The van der Waals surface area contributed by atoms with Gasteiger partial charge in [-0.1, -0.05) is 40.2 Å². The Morgan fingerprint density at radius 1 is 0.947 bits per heavy atom. The van der Waals surface area contributed by atoms with Gasteiger partial charge in [0.1, 0.15) is 17.5 Å². The van der Waals surface area contributed by atoms with Crippen molar-refractivity contribution in [2.24, 2.45) is 0 Å². The molecule has 0 saturated carbocycles. The zero-order valence-electron chi connectivity index (χ0n) is 20.7. The Morgan fingerprint density at radius 2 is 1.53 bits per heavy atom. The lowest BCUT2D eigenvalue weighted by atomic mass is 10.0. The number of hydrogen-bond donors (Lipinski definition) is 3.